The lowest BCUT2D eigenvalue weighted by molar-refractivity contribution is -0.140. The summed E-state index contributed by atoms with van der Waals surface area (Å²) >= 11 is 0. The van der Waals surface area contributed by atoms with E-state index in [1.54, 1.807) is 30.5 Å². The Labute approximate surface area is 172 Å². The molecule has 0 aliphatic carbocycles. The fraction of sp³-hybridized carbons (Fsp3) is 0.182. The number of fused-ring (bicyclic) bond motifs is 2. The maximum atomic E-state index is 13.0. The SMILES string of the molecule is C=Cc1cc2cc(C(=O)NC3Cc4ccccc4N(CC(=O)OC)C3=O)[nH]c2cn1. The molecule has 4 rings (SSSR count). The highest BCUT2D eigenvalue weighted by molar-refractivity contribution is 6.06. The number of esters is 1. The first-order valence-electron chi connectivity index (χ1n) is 9.38. The van der Waals surface area contributed by atoms with Gasteiger partial charge in [0.1, 0.15) is 18.3 Å². The molecule has 1 atom stereocenters. The predicted octanol–water partition coefficient (Wildman–Crippen LogP) is 2.07. The van der Waals surface area contributed by atoms with E-state index in [9.17, 15) is 14.4 Å². The highest BCUT2D eigenvalue weighted by Crippen LogP contribution is 2.28. The molecular weight excluding hydrogens is 384 g/mol. The van der Waals surface area contributed by atoms with Gasteiger partial charge in [0, 0.05) is 17.5 Å². The molecule has 3 heterocycles. The van der Waals surface area contributed by atoms with Crippen molar-refractivity contribution in [3.8, 4) is 0 Å². The van der Waals surface area contributed by atoms with Gasteiger partial charge in [-0.25, -0.2) is 0 Å². The van der Waals surface area contributed by atoms with E-state index in [0.717, 1.165) is 10.9 Å². The van der Waals surface area contributed by atoms with Crippen molar-refractivity contribution in [2.24, 2.45) is 0 Å². The molecule has 1 aliphatic heterocycles. The summed E-state index contributed by atoms with van der Waals surface area (Å²) in [5, 5.41) is 3.60. The normalized spacial score (nSPS) is 15.6. The van der Waals surface area contributed by atoms with Crippen LogP contribution in [0.1, 0.15) is 21.7 Å². The molecule has 1 aliphatic rings. The third-order valence-electron chi connectivity index (χ3n) is 5.07. The van der Waals surface area contributed by atoms with Crippen molar-refractivity contribution in [1.29, 1.82) is 0 Å². The monoisotopic (exact) mass is 404 g/mol. The van der Waals surface area contributed by atoms with Crippen LogP contribution in [0.4, 0.5) is 5.69 Å². The standard InChI is InChI=1S/C22H20N4O4/c1-3-15-8-14-10-16(24-18(14)11-23-15)21(28)25-17-9-13-6-4-5-7-19(13)26(22(17)29)12-20(27)30-2/h3-8,10-11,17,24H,1,9,12H2,2H3,(H,25,28). The number of amides is 2. The van der Waals surface area contributed by atoms with E-state index in [4.69, 9.17) is 4.74 Å². The first-order chi connectivity index (χ1) is 14.5. The molecule has 3 aromatic rings. The van der Waals surface area contributed by atoms with Crippen LogP contribution in [0.2, 0.25) is 0 Å². The summed E-state index contributed by atoms with van der Waals surface area (Å²) in [4.78, 5) is 46.3. The first kappa shape index (κ1) is 19.4. The molecule has 30 heavy (non-hydrogen) atoms. The number of carbonyl (C=O) groups is 3. The number of pyridine rings is 1. The van der Waals surface area contributed by atoms with Crippen LogP contribution in [-0.4, -0.2) is 47.4 Å². The fourth-order valence-electron chi connectivity index (χ4n) is 3.55. The lowest BCUT2D eigenvalue weighted by Gasteiger charge is -2.33. The van der Waals surface area contributed by atoms with Gasteiger partial charge in [-0.05, 0) is 29.8 Å². The smallest absolute Gasteiger partial charge is 0.325 e. The number of ether oxygens (including phenoxy) is 1. The number of methoxy groups -OCH3 is 1. The van der Waals surface area contributed by atoms with E-state index >= 15 is 0 Å². The van der Waals surface area contributed by atoms with Crippen LogP contribution in [0.15, 0.2) is 49.2 Å². The number of aromatic amines is 1. The summed E-state index contributed by atoms with van der Waals surface area (Å²) in [6, 6.07) is 10.0. The Balaban J connectivity index is 1.59. The molecule has 1 aromatic carbocycles. The molecule has 2 aromatic heterocycles. The number of hydrogen-bond donors (Lipinski definition) is 2. The topological polar surface area (TPSA) is 104 Å². The molecule has 152 valence electrons. The predicted molar refractivity (Wildman–Crippen MR) is 112 cm³/mol. The quantitative estimate of drug-likeness (QED) is 0.634. The zero-order valence-corrected chi connectivity index (χ0v) is 16.3. The molecule has 0 radical (unpaired) electrons. The van der Waals surface area contributed by atoms with Gasteiger partial charge in [-0.15, -0.1) is 0 Å². The van der Waals surface area contributed by atoms with E-state index in [-0.39, 0.29) is 12.5 Å². The number of aromatic nitrogens is 2. The number of nitrogens with zero attached hydrogens (tertiary/aromatic N) is 2. The molecule has 0 spiro atoms. The molecule has 8 heteroatoms. The minimum absolute atomic E-state index is 0.221. The van der Waals surface area contributed by atoms with Gasteiger partial charge in [-0.1, -0.05) is 24.8 Å². The third-order valence-corrected chi connectivity index (χ3v) is 5.07. The lowest BCUT2D eigenvalue weighted by atomic mass is 9.97. The van der Waals surface area contributed by atoms with Crippen molar-refractivity contribution in [2.45, 2.75) is 12.5 Å². The summed E-state index contributed by atoms with van der Waals surface area (Å²) in [6.45, 7) is 3.47. The minimum atomic E-state index is -0.801. The van der Waals surface area contributed by atoms with E-state index in [1.807, 2.05) is 18.2 Å². The second-order valence-electron chi connectivity index (χ2n) is 6.94. The molecular formula is C22H20N4O4. The number of para-hydroxylation sites is 1. The van der Waals surface area contributed by atoms with Gasteiger partial charge < -0.3 is 15.0 Å². The Hall–Kier alpha value is -3.94. The second-order valence-corrected chi connectivity index (χ2v) is 6.94. The van der Waals surface area contributed by atoms with Crippen molar-refractivity contribution in [3.63, 3.8) is 0 Å². The Bertz CT molecular complexity index is 1170. The molecule has 2 N–H and O–H groups in total. The third kappa shape index (κ3) is 3.55. The summed E-state index contributed by atoms with van der Waals surface area (Å²) in [7, 11) is 1.27. The summed E-state index contributed by atoms with van der Waals surface area (Å²) in [5.41, 5.74) is 3.23. The number of anilines is 1. The Morgan fingerprint density at radius 1 is 1.37 bits per heavy atom. The lowest BCUT2D eigenvalue weighted by Crippen LogP contribution is -2.54. The zero-order chi connectivity index (χ0) is 21.3. The van der Waals surface area contributed by atoms with Gasteiger partial charge in [0.15, 0.2) is 0 Å². The van der Waals surface area contributed by atoms with Gasteiger partial charge in [0.25, 0.3) is 5.91 Å². The van der Waals surface area contributed by atoms with Gasteiger partial charge in [0.2, 0.25) is 5.91 Å². The molecule has 2 amide bonds. The van der Waals surface area contributed by atoms with Gasteiger partial charge >= 0.3 is 5.97 Å². The van der Waals surface area contributed by atoms with Crippen LogP contribution in [0.25, 0.3) is 17.0 Å². The second kappa shape index (κ2) is 7.82. The highest BCUT2D eigenvalue weighted by atomic mass is 16.5. The van der Waals surface area contributed by atoms with Crippen molar-refractivity contribution in [1.82, 2.24) is 15.3 Å². The number of benzene rings is 1. The van der Waals surface area contributed by atoms with Crippen LogP contribution in [0.5, 0.6) is 0 Å². The Morgan fingerprint density at radius 2 is 2.17 bits per heavy atom. The summed E-state index contributed by atoms with van der Waals surface area (Å²) in [5.74, 6) is -1.31. The van der Waals surface area contributed by atoms with Crippen LogP contribution in [-0.2, 0) is 20.7 Å². The van der Waals surface area contributed by atoms with Crippen LogP contribution in [0, 0.1) is 0 Å². The molecule has 1 unspecified atom stereocenters. The highest BCUT2D eigenvalue weighted by Gasteiger charge is 2.35. The maximum Gasteiger partial charge on any atom is 0.325 e. The average Bonchev–Trinajstić information content (AvgIpc) is 3.19. The van der Waals surface area contributed by atoms with Crippen molar-refractivity contribution in [3.05, 3.63) is 66.1 Å². The van der Waals surface area contributed by atoms with Gasteiger partial charge in [0.05, 0.1) is 24.5 Å². The summed E-state index contributed by atoms with van der Waals surface area (Å²) < 4.78 is 4.72. The van der Waals surface area contributed by atoms with Crippen LogP contribution < -0.4 is 10.2 Å². The largest absolute Gasteiger partial charge is 0.468 e. The maximum absolute atomic E-state index is 13.0. The summed E-state index contributed by atoms with van der Waals surface area (Å²) in [6.07, 6.45) is 3.59. The van der Waals surface area contributed by atoms with E-state index in [1.165, 1.54) is 12.0 Å². The van der Waals surface area contributed by atoms with E-state index < -0.39 is 17.9 Å². The number of nitrogens with one attached hydrogen (secondary N) is 2. The van der Waals surface area contributed by atoms with Crippen molar-refractivity contribution >= 4 is 40.4 Å². The average molecular weight is 404 g/mol. The first-order valence-corrected chi connectivity index (χ1v) is 9.38. The number of hydrogen-bond acceptors (Lipinski definition) is 5. The van der Waals surface area contributed by atoms with E-state index in [2.05, 4.69) is 21.9 Å². The molecule has 0 fully saturated rings. The fourth-order valence-corrected chi connectivity index (χ4v) is 3.55. The molecule has 0 saturated heterocycles. The van der Waals surface area contributed by atoms with Crippen LogP contribution in [0.3, 0.4) is 0 Å². The van der Waals surface area contributed by atoms with Crippen molar-refractivity contribution in [2.75, 3.05) is 18.6 Å². The minimum Gasteiger partial charge on any atom is -0.468 e. The number of H-pyrrole nitrogens is 1. The number of rotatable bonds is 5. The molecule has 8 nitrogen and oxygen atoms in total. The molecule has 0 bridgehead atoms. The Morgan fingerprint density at radius 3 is 2.93 bits per heavy atom. The Kier molecular flexibility index (Phi) is 5.05. The molecule has 0 saturated carbocycles. The van der Waals surface area contributed by atoms with Gasteiger partial charge in [-0.2, -0.15) is 0 Å². The van der Waals surface area contributed by atoms with Gasteiger partial charge in [-0.3, -0.25) is 24.3 Å². The van der Waals surface area contributed by atoms with E-state index in [0.29, 0.717) is 29.0 Å². The number of carbonyl (C=O) groups excluding carboxylic acids is 3. The van der Waals surface area contributed by atoms with Crippen molar-refractivity contribution < 1.29 is 19.1 Å². The zero-order valence-electron chi connectivity index (χ0n) is 16.3. The van der Waals surface area contributed by atoms with Crippen LogP contribution >= 0.6 is 0 Å².